The van der Waals surface area contributed by atoms with E-state index in [1.165, 1.54) is 18.2 Å². The van der Waals surface area contributed by atoms with E-state index in [0.717, 1.165) is 0 Å². The zero-order valence-electron chi connectivity index (χ0n) is 11.7. The van der Waals surface area contributed by atoms with Gasteiger partial charge in [0.2, 0.25) is 0 Å². The van der Waals surface area contributed by atoms with Crippen LogP contribution >= 0.6 is 0 Å². The Morgan fingerprint density at radius 2 is 2.10 bits per heavy atom. The van der Waals surface area contributed by atoms with E-state index in [1.807, 2.05) is 13.8 Å². The minimum atomic E-state index is -0.718. The van der Waals surface area contributed by atoms with Crippen LogP contribution in [0.3, 0.4) is 0 Å². The molecule has 0 fully saturated rings. The molecule has 1 aromatic rings. The fourth-order valence-corrected chi connectivity index (χ4v) is 1.77. The summed E-state index contributed by atoms with van der Waals surface area (Å²) in [5, 5.41) is 23.4. The van der Waals surface area contributed by atoms with Crippen LogP contribution in [0.4, 0.5) is 9.18 Å². The average molecular weight is 284 g/mol. The van der Waals surface area contributed by atoms with E-state index in [4.69, 9.17) is 10.2 Å². The van der Waals surface area contributed by atoms with Gasteiger partial charge in [0.1, 0.15) is 0 Å². The number of carbonyl (C=O) groups excluding carboxylic acids is 1. The summed E-state index contributed by atoms with van der Waals surface area (Å²) in [6.45, 7) is 4.07. The zero-order chi connectivity index (χ0) is 15.1. The van der Waals surface area contributed by atoms with Crippen LogP contribution in [0.25, 0.3) is 0 Å². The highest BCUT2D eigenvalue weighted by molar-refractivity contribution is 5.74. The summed E-state index contributed by atoms with van der Waals surface area (Å²) >= 11 is 0. The molecule has 1 atom stereocenters. The molecule has 0 aliphatic heterocycles. The highest BCUT2D eigenvalue weighted by Crippen LogP contribution is 2.15. The fraction of sp³-hybridized carbons (Fsp3) is 0.500. The maximum Gasteiger partial charge on any atom is 0.315 e. The van der Waals surface area contributed by atoms with Gasteiger partial charge in [-0.3, -0.25) is 0 Å². The molecule has 6 heteroatoms. The number of amides is 2. The lowest BCUT2D eigenvalue weighted by atomic mass is 10.0. The fourth-order valence-electron chi connectivity index (χ4n) is 1.77. The molecule has 0 aliphatic rings. The number of rotatable bonds is 6. The summed E-state index contributed by atoms with van der Waals surface area (Å²) in [6.07, 6.45) is 0.485. The number of nitrogens with one attached hydrogen (secondary N) is 2. The maximum atomic E-state index is 13.1. The molecule has 0 aliphatic carbocycles. The van der Waals surface area contributed by atoms with Crippen LogP contribution in [0.2, 0.25) is 0 Å². The highest BCUT2D eigenvalue weighted by atomic mass is 19.1. The Hall–Kier alpha value is -1.82. The summed E-state index contributed by atoms with van der Waals surface area (Å²) in [7, 11) is 0. The van der Waals surface area contributed by atoms with Crippen LogP contribution in [0.15, 0.2) is 18.2 Å². The third kappa shape index (κ3) is 5.05. The lowest BCUT2D eigenvalue weighted by Gasteiger charge is -2.21. The molecule has 0 saturated carbocycles. The van der Waals surface area contributed by atoms with E-state index in [9.17, 15) is 9.18 Å². The van der Waals surface area contributed by atoms with Gasteiger partial charge in [0.15, 0.2) is 11.6 Å². The number of phenolic OH excluding ortho intramolecular Hbond substituents is 1. The van der Waals surface area contributed by atoms with Crippen LogP contribution in [0, 0.1) is 11.7 Å². The molecule has 20 heavy (non-hydrogen) atoms. The van der Waals surface area contributed by atoms with Gasteiger partial charge in [-0.1, -0.05) is 19.9 Å². The van der Waals surface area contributed by atoms with E-state index < -0.39 is 11.6 Å². The number of halogens is 1. The molecule has 0 bridgehead atoms. The van der Waals surface area contributed by atoms with Crippen molar-refractivity contribution in [3.63, 3.8) is 0 Å². The van der Waals surface area contributed by atoms with Crippen molar-refractivity contribution in [2.75, 3.05) is 6.61 Å². The topological polar surface area (TPSA) is 81.6 Å². The summed E-state index contributed by atoms with van der Waals surface area (Å²) < 4.78 is 13.1. The Morgan fingerprint density at radius 1 is 1.40 bits per heavy atom. The van der Waals surface area contributed by atoms with Crippen LogP contribution in [-0.4, -0.2) is 28.9 Å². The molecule has 1 aromatic carbocycles. The van der Waals surface area contributed by atoms with Gasteiger partial charge in [0.25, 0.3) is 0 Å². The lowest BCUT2D eigenvalue weighted by Crippen LogP contribution is -2.44. The Morgan fingerprint density at radius 3 is 2.65 bits per heavy atom. The van der Waals surface area contributed by atoms with E-state index in [2.05, 4.69) is 10.6 Å². The quantitative estimate of drug-likeness (QED) is 0.642. The van der Waals surface area contributed by atoms with Gasteiger partial charge >= 0.3 is 6.03 Å². The molecule has 1 rings (SSSR count). The van der Waals surface area contributed by atoms with Gasteiger partial charge in [0.05, 0.1) is 0 Å². The first-order chi connectivity index (χ1) is 9.43. The molecule has 1 unspecified atom stereocenters. The number of aliphatic hydroxyl groups is 1. The second-order valence-electron chi connectivity index (χ2n) is 4.98. The maximum absolute atomic E-state index is 13.1. The van der Waals surface area contributed by atoms with E-state index in [-0.39, 0.29) is 31.1 Å². The van der Waals surface area contributed by atoms with Crippen molar-refractivity contribution in [3.8, 4) is 5.75 Å². The van der Waals surface area contributed by atoms with E-state index in [1.54, 1.807) is 0 Å². The SMILES string of the molecule is CC(C)C(CCO)NC(=O)NCc1ccc(O)c(F)c1. The average Bonchev–Trinajstić information content (AvgIpc) is 2.39. The highest BCUT2D eigenvalue weighted by Gasteiger charge is 2.15. The van der Waals surface area contributed by atoms with Crippen molar-refractivity contribution in [1.29, 1.82) is 0 Å². The molecule has 0 heterocycles. The number of carbonyl (C=O) groups is 1. The predicted molar refractivity (Wildman–Crippen MR) is 73.8 cm³/mol. The van der Waals surface area contributed by atoms with Crippen molar-refractivity contribution in [3.05, 3.63) is 29.6 Å². The molecule has 112 valence electrons. The molecule has 2 amide bonds. The molecule has 0 aromatic heterocycles. The Kier molecular flexibility index (Phi) is 6.24. The summed E-state index contributed by atoms with van der Waals surface area (Å²) in [5.74, 6) is -0.926. The van der Waals surface area contributed by atoms with Crippen molar-refractivity contribution >= 4 is 6.03 Å². The first kappa shape index (κ1) is 16.2. The van der Waals surface area contributed by atoms with Gasteiger partial charge in [-0.2, -0.15) is 0 Å². The zero-order valence-corrected chi connectivity index (χ0v) is 11.7. The van der Waals surface area contributed by atoms with Gasteiger partial charge in [-0.25, -0.2) is 9.18 Å². The number of aromatic hydroxyl groups is 1. The molecule has 4 N–H and O–H groups in total. The predicted octanol–water partition coefficient (Wildman–Crippen LogP) is 1.74. The van der Waals surface area contributed by atoms with Crippen LogP contribution in [-0.2, 0) is 6.54 Å². The molecule has 5 nitrogen and oxygen atoms in total. The second kappa shape index (κ2) is 7.69. The standard InChI is InChI=1S/C14H21FN2O3/c1-9(2)12(5-6-18)17-14(20)16-8-10-3-4-13(19)11(15)7-10/h3-4,7,9,12,18-19H,5-6,8H2,1-2H3,(H2,16,17,20). The van der Waals surface area contributed by atoms with Gasteiger partial charge in [0, 0.05) is 19.2 Å². The molecule has 0 spiro atoms. The number of hydrogen-bond acceptors (Lipinski definition) is 3. The minimum Gasteiger partial charge on any atom is -0.505 e. The van der Waals surface area contributed by atoms with Crippen molar-refractivity contribution in [1.82, 2.24) is 10.6 Å². The summed E-state index contributed by atoms with van der Waals surface area (Å²) in [4.78, 5) is 11.7. The first-order valence-electron chi connectivity index (χ1n) is 6.56. The lowest BCUT2D eigenvalue weighted by molar-refractivity contribution is 0.218. The summed E-state index contributed by atoms with van der Waals surface area (Å²) in [5.41, 5.74) is 0.554. The summed E-state index contributed by atoms with van der Waals surface area (Å²) in [6, 6.07) is 3.46. The monoisotopic (exact) mass is 284 g/mol. The Labute approximate surface area is 117 Å². The smallest absolute Gasteiger partial charge is 0.315 e. The van der Waals surface area contributed by atoms with Crippen LogP contribution < -0.4 is 10.6 Å². The van der Waals surface area contributed by atoms with Crippen molar-refractivity contribution in [2.24, 2.45) is 5.92 Å². The largest absolute Gasteiger partial charge is 0.505 e. The Bertz CT molecular complexity index is 452. The van der Waals surface area contributed by atoms with E-state index in [0.29, 0.717) is 12.0 Å². The first-order valence-corrected chi connectivity index (χ1v) is 6.56. The second-order valence-corrected chi connectivity index (χ2v) is 4.98. The van der Waals surface area contributed by atoms with Crippen molar-refractivity contribution < 1.29 is 19.4 Å². The number of urea groups is 1. The van der Waals surface area contributed by atoms with Gasteiger partial charge < -0.3 is 20.8 Å². The third-order valence-corrected chi connectivity index (χ3v) is 3.03. The number of aliphatic hydroxyl groups excluding tert-OH is 1. The molecular formula is C14H21FN2O3. The molecule has 0 saturated heterocycles. The molecular weight excluding hydrogens is 263 g/mol. The third-order valence-electron chi connectivity index (χ3n) is 3.03. The minimum absolute atomic E-state index is 0.00625. The van der Waals surface area contributed by atoms with E-state index >= 15 is 0 Å². The van der Waals surface area contributed by atoms with Gasteiger partial charge in [-0.05, 0) is 30.0 Å². The number of phenols is 1. The van der Waals surface area contributed by atoms with Crippen LogP contribution in [0.5, 0.6) is 5.75 Å². The number of hydrogen-bond donors (Lipinski definition) is 4. The van der Waals surface area contributed by atoms with Gasteiger partial charge in [-0.15, -0.1) is 0 Å². The number of benzene rings is 1. The van der Waals surface area contributed by atoms with Crippen molar-refractivity contribution in [2.45, 2.75) is 32.9 Å². The molecule has 0 radical (unpaired) electrons. The van der Waals surface area contributed by atoms with Crippen LogP contribution in [0.1, 0.15) is 25.8 Å². The normalized spacial score (nSPS) is 12.2. The Balaban J connectivity index is 2.48.